The highest BCUT2D eigenvalue weighted by atomic mass is 16.7. The Balaban J connectivity index is 1.29. The standard InChI is InChI=1S/C23H23N3O4/c1-28-18-8-5-16(6-9-18)11-12-24-23(27)19-3-2-4-22(26-19)25-14-17-7-10-20-21(13-17)30-15-29-20/h2-10,13H,11-12,14-15H2,1H3,(H,24,27)(H,25,26). The van der Waals surface area contributed by atoms with Crippen molar-refractivity contribution in [3.63, 3.8) is 0 Å². The molecule has 0 fully saturated rings. The first-order valence-corrected chi connectivity index (χ1v) is 9.72. The van der Waals surface area contributed by atoms with Gasteiger partial charge in [-0.25, -0.2) is 4.98 Å². The van der Waals surface area contributed by atoms with Crippen LogP contribution in [0.1, 0.15) is 21.6 Å². The molecular weight excluding hydrogens is 382 g/mol. The number of aromatic nitrogens is 1. The van der Waals surface area contributed by atoms with Gasteiger partial charge in [0.1, 0.15) is 17.3 Å². The number of rotatable bonds is 8. The topological polar surface area (TPSA) is 81.7 Å². The Hall–Kier alpha value is -3.74. The number of carbonyl (C=O) groups excluding carboxylic acids is 1. The zero-order chi connectivity index (χ0) is 20.8. The fourth-order valence-electron chi connectivity index (χ4n) is 3.11. The molecule has 2 N–H and O–H groups in total. The van der Waals surface area contributed by atoms with Gasteiger partial charge >= 0.3 is 0 Å². The molecule has 7 nitrogen and oxygen atoms in total. The van der Waals surface area contributed by atoms with Crippen molar-refractivity contribution in [3.05, 3.63) is 77.5 Å². The minimum Gasteiger partial charge on any atom is -0.497 e. The van der Waals surface area contributed by atoms with Crippen molar-refractivity contribution in [2.24, 2.45) is 0 Å². The first-order chi connectivity index (χ1) is 14.7. The zero-order valence-electron chi connectivity index (χ0n) is 16.7. The molecule has 4 rings (SSSR count). The average molecular weight is 405 g/mol. The molecule has 0 saturated heterocycles. The summed E-state index contributed by atoms with van der Waals surface area (Å²) in [5.74, 6) is 2.75. The van der Waals surface area contributed by atoms with Gasteiger partial charge in [-0.1, -0.05) is 24.3 Å². The summed E-state index contributed by atoms with van der Waals surface area (Å²) in [5.41, 5.74) is 2.54. The molecule has 0 saturated carbocycles. The lowest BCUT2D eigenvalue weighted by atomic mass is 10.1. The second-order valence-corrected chi connectivity index (χ2v) is 6.80. The first kappa shape index (κ1) is 19.6. The van der Waals surface area contributed by atoms with E-state index in [9.17, 15) is 4.79 Å². The van der Waals surface area contributed by atoms with E-state index < -0.39 is 0 Å². The predicted octanol–water partition coefficient (Wildman–Crippen LogP) is 3.40. The third-order valence-corrected chi connectivity index (χ3v) is 4.75. The van der Waals surface area contributed by atoms with Gasteiger partial charge in [0.2, 0.25) is 6.79 Å². The highest BCUT2D eigenvalue weighted by Gasteiger charge is 2.13. The number of hydrogen-bond donors (Lipinski definition) is 2. The maximum Gasteiger partial charge on any atom is 0.269 e. The Morgan fingerprint density at radius 1 is 1.03 bits per heavy atom. The molecule has 30 heavy (non-hydrogen) atoms. The Morgan fingerprint density at radius 2 is 1.83 bits per heavy atom. The lowest BCUT2D eigenvalue weighted by Crippen LogP contribution is -2.26. The highest BCUT2D eigenvalue weighted by Crippen LogP contribution is 2.32. The predicted molar refractivity (Wildman–Crippen MR) is 113 cm³/mol. The molecule has 2 aromatic carbocycles. The molecule has 0 unspecified atom stereocenters. The lowest BCUT2D eigenvalue weighted by molar-refractivity contribution is 0.0949. The Bertz CT molecular complexity index is 1020. The van der Waals surface area contributed by atoms with Gasteiger partial charge in [-0.05, 0) is 53.9 Å². The number of amides is 1. The number of nitrogens with one attached hydrogen (secondary N) is 2. The zero-order valence-corrected chi connectivity index (χ0v) is 16.7. The average Bonchev–Trinajstić information content (AvgIpc) is 3.26. The monoisotopic (exact) mass is 405 g/mol. The summed E-state index contributed by atoms with van der Waals surface area (Å²) in [4.78, 5) is 16.9. The number of pyridine rings is 1. The van der Waals surface area contributed by atoms with Crippen molar-refractivity contribution < 1.29 is 19.0 Å². The van der Waals surface area contributed by atoms with Crippen LogP contribution in [0.25, 0.3) is 0 Å². The summed E-state index contributed by atoms with van der Waals surface area (Å²) >= 11 is 0. The number of ether oxygens (including phenoxy) is 3. The summed E-state index contributed by atoms with van der Waals surface area (Å²) in [6.07, 6.45) is 0.734. The largest absolute Gasteiger partial charge is 0.497 e. The Morgan fingerprint density at radius 3 is 2.67 bits per heavy atom. The van der Waals surface area contributed by atoms with Gasteiger partial charge < -0.3 is 24.8 Å². The second-order valence-electron chi connectivity index (χ2n) is 6.80. The number of nitrogens with zero attached hydrogens (tertiary/aromatic N) is 1. The minimum absolute atomic E-state index is 0.199. The third-order valence-electron chi connectivity index (χ3n) is 4.75. The van der Waals surface area contributed by atoms with Crippen LogP contribution in [0.2, 0.25) is 0 Å². The summed E-state index contributed by atoms with van der Waals surface area (Å²) < 4.78 is 15.9. The van der Waals surface area contributed by atoms with Crippen LogP contribution in [-0.2, 0) is 13.0 Å². The summed E-state index contributed by atoms with van der Waals surface area (Å²) in [6.45, 7) is 1.34. The molecule has 1 aliphatic rings. The smallest absolute Gasteiger partial charge is 0.269 e. The van der Waals surface area contributed by atoms with Gasteiger partial charge in [-0.15, -0.1) is 0 Å². The van der Waals surface area contributed by atoms with E-state index in [1.54, 1.807) is 13.2 Å². The molecule has 1 amide bonds. The molecule has 0 radical (unpaired) electrons. The summed E-state index contributed by atoms with van der Waals surface area (Å²) in [6, 6.07) is 18.9. The SMILES string of the molecule is COc1ccc(CCNC(=O)c2cccc(NCc3ccc4c(c3)OCO4)n2)cc1. The van der Waals surface area contributed by atoms with E-state index in [2.05, 4.69) is 15.6 Å². The Labute approximate surface area is 175 Å². The number of carbonyl (C=O) groups is 1. The van der Waals surface area contributed by atoms with Crippen LogP contribution in [0.3, 0.4) is 0 Å². The third kappa shape index (κ3) is 4.81. The van der Waals surface area contributed by atoms with Crippen molar-refractivity contribution in [1.82, 2.24) is 10.3 Å². The second kappa shape index (κ2) is 9.17. The van der Waals surface area contributed by atoms with Gasteiger partial charge in [-0.3, -0.25) is 4.79 Å². The lowest BCUT2D eigenvalue weighted by Gasteiger charge is -2.09. The van der Waals surface area contributed by atoms with E-state index >= 15 is 0 Å². The fraction of sp³-hybridized carbons (Fsp3) is 0.217. The van der Waals surface area contributed by atoms with E-state index in [4.69, 9.17) is 14.2 Å². The molecule has 0 atom stereocenters. The molecular formula is C23H23N3O4. The van der Waals surface area contributed by atoms with E-state index in [1.807, 2.05) is 54.6 Å². The van der Waals surface area contributed by atoms with Crippen molar-refractivity contribution in [3.8, 4) is 17.2 Å². The quantitative estimate of drug-likeness (QED) is 0.598. The molecule has 3 aromatic rings. The van der Waals surface area contributed by atoms with E-state index in [1.165, 1.54) is 0 Å². The first-order valence-electron chi connectivity index (χ1n) is 9.72. The van der Waals surface area contributed by atoms with Gasteiger partial charge in [0.15, 0.2) is 11.5 Å². The number of benzene rings is 2. The molecule has 2 heterocycles. The van der Waals surface area contributed by atoms with Crippen LogP contribution >= 0.6 is 0 Å². The van der Waals surface area contributed by atoms with Gasteiger partial charge in [0, 0.05) is 13.1 Å². The molecule has 0 spiro atoms. The molecule has 7 heteroatoms. The normalized spacial score (nSPS) is 11.8. The fourth-order valence-corrected chi connectivity index (χ4v) is 3.11. The minimum atomic E-state index is -0.199. The maximum absolute atomic E-state index is 12.4. The molecule has 154 valence electrons. The van der Waals surface area contributed by atoms with Crippen molar-refractivity contribution in [2.75, 3.05) is 25.8 Å². The highest BCUT2D eigenvalue weighted by molar-refractivity contribution is 5.92. The van der Waals surface area contributed by atoms with E-state index in [0.717, 1.165) is 34.8 Å². The molecule has 0 aliphatic carbocycles. The van der Waals surface area contributed by atoms with Gasteiger partial charge in [-0.2, -0.15) is 0 Å². The summed E-state index contributed by atoms with van der Waals surface area (Å²) in [5, 5.41) is 6.16. The van der Waals surface area contributed by atoms with Crippen molar-refractivity contribution in [1.29, 1.82) is 0 Å². The van der Waals surface area contributed by atoms with Crippen LogP contribution in [0.15, 0.2) is 60.7 Å². The molecule has 0 bridgehead atoms. The van der Waals surface area contributed by atoms with Crippen LogP contribution in [0.4, 0.5) is 5.82 Å². The van der Waals surface area contributed by atoms with Crippen molar-refractivity contribution >= 4 is 11.7 Å². The van der Waals surface area contributed by atoms with Crippen molar-refractivity contribution in [2.45, 2.75) is 13.0 Å². The summed E-state index contributed by atoms with van der Waals surface area (Å²) in [7, 11) is 1.64. The van der Waals surface area contributed by atoms with E-state index in [0.29, 0.717) is 24.6 Å². The number of hydrogen-bond acceptors (Lipinski definition) is 6. The number of fused-ring (bicyclic) bond motifs is 1. The molecule has 1 aromatic heterocycles. The Kier molecular flexibility index (Phi) is 5.98. The number of methoxy groups -OCH3 is 1. The van der Waals surface area contributed by atoms with Crippen LogP contribution in [0, 0.1) is 0 Å². The van der Waals surface area contributed by atoms with Crippen LogP contribution in [-0.4, -0.2) is 31.3 Å². The van der Waals surface area contributed by atoms with Crippen LogP contribution in [0.5, 0.6) is 17.2 Å². The van der Waals surface area contributed by atoms with E-state index in [-0.39, 0.29) is 12.7 Å². The maximum atomic E-state index is 12.4. The molecule has 1 aliphatic heterocycles. The number of anilines is 1. The van der Waals surface area contributed by atoms with Crippen LogP contribution < -0.4 is 24.8 Å². The van der Waals surface area contributed by atoms with Gasteiger partial charge in [0.25, 0.3) is 5.91 Å². The van der Waals surface area contributed by atoms with Gasteiger partial charge in [0.05, 0.1) is 7.11 Å².